The van der Waals surface area contributed by atoms with Gasteiger partial charge in [0.05, 0.1) is 5.92 Å². The summed E-state index contributed by atoms with van der Waals surface area (Å²) >= 11 is 0. The largest absolute Gasteiger partial charge is 0.492 e. The molecule has 2 rings (SSSR count). The van der Waals surface area contributed by atoms with Gasteiger partial charge in [-0.2, -0.15) is 13.2 Å². The van der Waals surface area contributed by atoms with Gasteiger partial charge in [-0.1, -0.05) is 18.2 Å². The van der Waals surface area contributed by atoms with Crippen molar-refractivity contribution in [3.8, 4) is 5.75 Å². The molecule has 1 aromatic rings. The van der Waals surface area contributed by atoms with Gasteiger partial charge in [-0.25, -0.2) is 0 Å². The van der Waals surface area contributed by atoms with Crippen molar-refractivity contribution in [2.75, 3.05) is 26.2 Å². The van der Waals surface area contributed by atoms with Crippen molar-refractivity contribution in [2.24, 2.45) is 11.7 Å². The van der Waals surface area contributed by atoms with Crippen LogP contribution in [0.1, 0.15) is 18.4 Å². The molecule has 21 heavy (non-hydrogen) atoms. The maximum Gasteiger partial charge on any atom is 0.393 e. The van der Waals surface area contributed by atoms with Crippen molar-refractivity contribution in [3.63, 3.8) is 0 Å². The maximum atomic E-state index is 12.7. The molecule has 0 bridgehead atoms. The summed E-state index contributed by atoms with van der Waals surface area (Å²) in [5.74, 6) is -0.494. The van der Waals surface area contributed by atoms with Gasteiger partial charge in [-0.05, 0) is 25.5 Å². The number of nitrogens with two attached hydrogens (primary N) is 1. The van der Waals surface area contributed by atoms with E-state index in [1.165, 1.54) is 0 Å². The Hall–Kier alpha value is -1.27. The van der Waals surface area contributed by atoms with Crippen LogP contribution in [-0.2, 0) is 6.54 Å². The van der Waals surface area contributed by atoms with Crippen molar-refractivity contribution < 1.29 is 17.9 Å². The first-order chi connectivity index (χ1) is 10.0. The number of hydrogen-bond acceptors (Lipinski definition) is 3. The molecule has 3 nitrogen and oxygen atoms in total. The van der Waals surface area contributed by atoms with Gasteiger partial charge in [-0.3, -0.25) is 4.90 Å². The van der Waals surface area contributed by atoms with Crippen LogP contribution in [0.15, 0.2) is 24.3 Å². The summed E-state index contributed by atoms with van der Waals surface area (Å²) in [6.45, 7) is 2.04. The van der Waals surface area contributed by atoms with Crippen molar-refractivity contribution in [1.82, 2.24) is 4.90 Å². The van der Waals surface area contributed by atoms with Crippen LogP contribution in [0.2, 0.25) is 0 Å². The van der Waals surface area contributed by atoms with Gasteiger partial charge in [0.25, 0.3) is 0 Å². The minimum atomic E-state index is -4.09. The Kier molecular flexibility index (Phi) is 5.47. The highest BCUT2D eigenvalue weighted by molar-refractivity contribution is 5.32. The lowest BCUT2D eigenvalue weighted by Gasteiger charge is -2.33. The third kappa shape index (κ3) is 4.61. The third-order valence-electron chi connectivity index (χ3n) is 3.83. The highest BCUT2D eigenvalue weighted by Crippen LogP contribution is 2.32. The Balaban J connectivity index is 1.80. The fourth-order valence-electron chi connectivity index (χ4n) is 2.62. The van der Waals surface area contributed by atoms with E-state index in [2.05, 4.69) is 0 Å². The molecular weight excluding hydrogens is 281 g/mol. The van der Waals surface area contributed by atoms with Crippen molar-refractivity contribution in [1.29, 1.82) is 0 Å². The standard InChI is InChI=1S/C15H21F3N2O/c16-15(17,18)13-5-3-7-20(11-13)8-9-21-14-6-2-1-4-12(14)10-19/h1-2,4,6,13H,3,5,7-11,19H2. The molecule has 1 aromatic carbocycles. The Morgan fingerprint density at radius 1 is 1.29 bits per heavy atom. The quantitative estimate of drug-likeness (QED) is 0.909. The van der Waals surface area contributed by atoms with Crippen LogP contribution >= 0.6 is 0 Å². The van der Waals surface area contributed by atoms with Gasteiger partial charge in [0.2, 0.25) is 0 Å². The van der Waals surface area contributed by atoms with E-state index in [0.29, 0.717) is 38.4 Å². The molecule has 6 heteroatoms. The lowest BCUT2D eigenvalue weighted by Crippen LogP contribution is -2.43. The molecule has 0 spiro atoms. The lowest BCUT2D eigenvalue weighted by molar-refractivity contribution is -0.186. The number of hydrogen-bond donors (Lipinski definition) is 1. The van der Waals surface area contributed by atoms with Crippen LogP contribution in [0.5, 0.6) is 5.75 Å². The number of rotatable bonds is 5. The van der Waals surface area contributed by atoms with Crippen LogP contribution in [0.25, 0.3) is 0 Å². The molecule has 1 atom stereocenters. The smallest absolute Gasteiger partial charge is 0.393 e. The van der Waals surface area contributed by atoms with E-state index in [1.807, 2.05) is 29.2 Å². The van der Waals surface area contributed by atoms with E-state index >= 15 is 0 Å². The summed E-state index contributed by atoms with van der Waals surface area (Å²) in [6.07, 6.45) is -3.27. The summed E-state index contributed by atoms with van der Waals surface area (Å²) in [5.41, 5.74) is 6.52. The molecule has 1 saturated heterocycles. The third-order valence-corrected chi connectivity index (χ3v) is 3.83. The fraction of sp³-hybridized carbons (Fsp3) is 0.600. The van der Waals surface area contributed by atoms with E-state index in [4.69, 9.17) is 10.5 Å². The van der Waals surface area contributed by atoms with Crippen molar-refractivity contribution in [3.05, 3.63) is 29.8 Å². The number of benzene rings is 1. The Labute approximate surface area is 122 Å². The second kappa shape index (κ2) is 7.13. The molecule has 0 aromatic heterocycles. The number of likely N-dealkylation sites (tertiary alicyclic amines) is 1. The van der Waals surface area contributed by atoms with Crippen LogP contribution in [-0.4, -0.2) is 37.3 Å². The van der Waals surface area contributed by atoms with Crippen LogP contribution < -0.4 is 10.5 Å². The van der Waals surface area contributed by atoms with Gasteiger partial charge < -0.3 is 10.5 Å². The first-order valence-electron chi connectivity index (χ1n) is 7.20. The van der Waals surface area contributed by atoms with E-state index in [9.17, 15) is 13.2 Å². The predicted molar refractivity (Wildman–Crippen MR) is 75.0 cm³/mol. The fourth-order valence-corrected chi connectivity index (χ4v) is 2.62. The SMILES string of the molecule is NCc1ccccc1OCCN1CCCC(C(F)(F)F)C1. The molecule has 1 fully saturated rings. The number of piperidine rings is 1. The molecule has 118 valence electrons. The lowest BCUT2D eigenvalue weighted by atomic mass is 9.98. The molecule has 1 heterocycles. The average Bonchev–Trinajstić information content (AvgIpc) is 2.47. The van der Waals surface area contributed by atoms with Crippen LogP contribution in [0.3, 0.4) is 0 Å². The van der Waals surface area contributed by atoms with Crippen molar-refractivity contribution >= 4 is 0 Å². The monoisotopic (exact) mass is 302 g/mol. The molecule has 0 saturated carbocycles. The topological polar surface area (TPSA) is 38.5 Å². The number of nitrogens with zero attached hydrogens (tertiary/aromatic N) is 1. The first kappa shape index (κ1) is 16.1. The van der Waals surface area contributed by atoms with Crippen LogP contribution in [0, 0.1) is 5.92 Å². The van der Waals surface area contributed by atoms with E-state index in [-0.39, 0.29) is 13.0 Å². The second-order valence-corrected chi connectivity index (χ2v) is 5.34. The molecule has 1 aliphatic heterocycles. The van der Waals surface area contributed by atoms with E-state index in [0.717, 1.165) is 5.56 Å². The Morgan fingerprint density at radius 2 is 2.05 bits per heavy atom. The van der Waals surface area contributed by atoms with E-state index in [1.54, 1.807) is 0 Å². The predicted octanol–water partition coefficient (Wildman–Crippen LogP) is 2.80. The number of alkyl halides is 3. The first-order valence-corrected chi connectivity index (χ1v) is 7.20. The summed E-state index contributed by atoms with van der Waals surface area (Å²) in [7, 11) is 0. The minimum absolute atomic E-state index is 0.0748. The van der Waals surface area contributed by atoms with Gasteiger partial charge in [0, 0.05) is 25.2 Å². The zero-order chi connectivity index (χ0) is 15.3. The van der Waals surface area contributed by atoms with Gasteiger partial charge in [0.1, 0.15) is 12.4 Å². The minimum Gasteiger partial charge on any atom is -0.492 e. The number of ether oxygens (including phenoxy) is 1. The zero-order valence-corrected chi connectivity index (χ0v) is 11.9. The maximum absolute atomic E-state index is 12.7. The highest BCUT2D eigenvalue weighted by atomic mass is 19.4. The molecular formula is C15H21F3N2O. The molecule has 1 aliphatic rings. The molecule has 0 radical (unpaired) electrons. The highest BCUT2D eigenvalue weighted by Gasteiger charge is 2.41. The normalized spacial score (nSPS) is 20.5. The number of halogens is 3. The molecule has 1 unspecified atom stereocenters. The second-order valence-electron chi connectivity index (χ2n) is 5.34. The summed E-state index contributed by atoms with van der Waals surface area (Å²) in [6, 6.07) is 7.45. The van der Waals surface area contributed by atoms with Gasteiger partial charge >= 0.3 is 6.18 Å². The van der Waals surface area contributed by atoms with Gasteiger partial charge in [0.15, 0.2) is 0 Å². The summed E-state index contributed by atoms with van der Waals surface area (Å²) < 4.78 is 43.8. The molecule has 2 N–H and O–H groups in total. The Morgan fingerprint density at radius 3 is 2.76 bits per heavy atom. The average molecular weight is 302 g/mol. The van der Waals surface area contributed by atoms with E-state index < -0.39 is 12.1 Å². The van der Waals surface area contributed by atoms with Crippen LogP contribution in [0.4, 0.5) is 13.2 Å². The Bertz CT molecular complexity index is 451. The summed E-state index contributed by atoms with van der Waals surface area (Å²) in [5, 5.41) is 0. The van der Waals surface area contributed by atoms with Crippen molar-refractivity contribution in [2.45, 2.75) is 25.6 Å². The summed E-state index contributed by atoms with van der Waals surface area (Å²) in [4.78, 5) is 1.83. The molecule has 0 amide bonds. The number of para-hydroxylation sites is 1. The zero-order valence-electron chi connectivity index (χ0n) is 11.9. The van der Waals surface area contributed by atoms with Gasteiger partial charge in [-0.15, -0.1) is 0 Å². The molecule has 0 aliphatic carbocycles.